The molecule has 2 aliphatic rings. The first-order valence-electron chi connectivity index (χ1n) is 12.0. The summed E-state index contributed by atoms with van der Waals surface area (Å²) < 4.78 is 5.66. The van der Waals surface area contributed by atoms with Crippen LogP contribution in [-0.2, 0) is 14.3 Å². The lowest BCUT2D eigenvalue weighted by Gasteiger charge is -2.37. The summed E-state index contributed by atoms with van der Waals surface area (Å²) in [4.78, 5) is 39.8. The third-order valence-corrected chi connectivity index (χ3v) is 8.65. The molecule has 0 radical (unpaired) electrons. The fourth-order valence-electron chi connectivity index (χ4n) is 4.93. The molecule has 1 fully saturated rings. The number of thioether (sulfide) groups is 1. The van der Waals surface area contributed by atoms with Crippen molar-refractivity contribution in [3.63, 3.8) is 0 Å². The van der Waals surface area contributed by atoms with Crippen LogP contribution in [0.5, 0.6) is 0 Å². The number of nitrogens with one attached hydrogen (secondary N) is 1. The minimum absolute atomic E-state index is 0.0730. The Hall–Kier alpha value is -3.00. The first kappa shape index (κ1) is 25.1. The standard InChI is InChI=1S/C27H32N2O5S/c1-5-27(4,25(32)29-22(24(30)31)15-35-23(29)16(2)3)28-26(33)34-14-21-19-12-8-6-10-17(19)18-11-7-9-13-20(18)21/h6-13,16,21-23H,5,14-15H2,1-4H3,(H,28,33)(H,30,31). The van der Waals surface area contributed by atoms with Gasteiger partial charge in [-0.15, -0.1) is 11.8 Å². The van der Waals surface area contributed by atoms with Gasteiger partial charge < -0.3 is 20.1 Å². The number of benzene rings is 2. The summed E-state index contributed by atoms with van der Waals surface area (Å²) in [7, 11) is 0. The lowest BCUT2D eigenvalue weighted by Crippen LogP contribution is -2.61. The highest BCUT2D eigenvalue weighted by atomic mass is 32.2. The van der Waals surface area contributed by atoms with Crippen molar-refractivity contribution >= 4 is 29.7 Å². The van der Waals surface area contributed by atoms with E-state index in [2.05, 4.69) is 17.4 Å². The van der Waals surface area contributed by atoms with E-state index >= 15 is 0 Å². The first-order chi connectivity index (χ1) is 16.7. The molecule has 1 heterocycles. The van der Waals surface area contributed by atoms with Crippen molar-refractivity contribution < 1.29 is 24.2 Å². The van der Waals surface area contributed by atoms with Crippen molar-refractivity contribution in [2.45, 2.75) is 57.0 Å². The summed E-state index contributed by atoms with van der Waals surface area (Å²) in [5, 5.41) is 12.2. The number of nitrogens with zero attached hydrogens (tertiary/aromatic N) is 1. The smallest absolute Gasteiger partial charge is 0.408 e. The Morgan fingerprint density at radius 2 is 1.69 bits per heavy atom. The Balaban J connectivity index is 1.49. The van der Waals surface area contributed by atoms with Gasteiger partial charge in [0.05, 0.1) is 5.37 Å². The maximum atomic E-state index is 13.6. The summed E-state index contributed by atoms with van der Waals surface area (Å²) >= 11 is 1.46. The summed E-state index contributed by atoms with van der Waals surface area (Å²) in [6.07, 6.45) is -0.390. The van der Waals surface area contributed by atoms with E-state index in [1.165, 1.54) is 16.7 Å². The van der Waals surface area contributed by atoms with E-state index in [0.717, 1.165) is 22.3 Å². The molecule has 186 valence electrons. The van der Waals surface area contributed by atoms with Crippen LogP contribution in [0.2, 0.25) is 0 Å². The van der Waals surface area contributed by atoms with E-state index in [-0.39, 0.29) is 23.8 Å². The molecule has 8 heteroatoms. The predicted octanol–water partition coefficient (Wildman–Crippen LogP) is 4.70. The number of hydrogen-bond donors (Lipinski definition) is 2. The zero-order valence-electron chi connectivity index (χ0n) is 20.5. The molecule has 0 bridgehead atoms. The molecule has 7 nitrogen and oxygen atoms in total. The molecule has 2 aromatic carbocycles. The second-order valence-electron chi connectivity index (χ2n) is 9.67. The van der Waals surface area contributed by atoms with Crippen LogP contribution in [0, 0.1) is 5.92 Å². The first-order valence-corrected chi connectivity index (χ1v) is 13.0. The van der Waals surface area contributed by atoms with Gasteiger partial charge >= 0.3 is 12.1 Å². The molecule has 35 heavy (non-hydrogen) atoms. The number of carboxylic acids is 1. The zero-order chi connectivity index (χ0) is 25.3. The maximum Gasteiger partial charge on any atom is 0.408 e. The Labute approximate surface area is 210 Å². The van der Waals surface area contributed by atoms with E-state index in [9.17, 15) is 19.5 Å². The van der Waals surface area contributed by atoms with Crippen molar-refractivity contribution in [3.8, 4) is 11.1 Å². The highest BCUT2D eigenvalue weighted by Gasteiger charge is 2.48. The SMILES string of the molecule is CCC(C)(NC(=O)OCC1c2ccccc2-c2ccccc21)C(=O)N1C(C(=O)O)CSC1C(C)C. The summed E-state index contributed by atoms with van der Waals surface area (Å²) in [6, 6.07) is 15.2. The molecule has 2 amide bonds. The maximum absolute atomic E-state index is 13.6. The number of ether oxygens (including phenoxy) is 1. The highest BCUT2D eigenvalue weighted by Crippen LogP contribution is 2.44. The van der Waals surface area contributed by atoms with Crippen LogP contribution < -0.4 is 5.32 Å². The van der Waals surface area contributed by atoms with E-state index < -0.39 is 29.6 Å². The number of amides is 2. The molecular weight excluding hydrogens is 464 g/mol. The number of fused-ring (bicyclic) bond motifs is 3. The van der Waals surface area contributed by atoms with Crippen LogP contribution >= 0.6 is 11.8 Å². The molecule has 2 aromatic rings. The minimum Gasteiger partial charge on any atom is -0.480 e. The number of carbonyl (C=O) groups is 3. The molecule has 2 N–H and O–H groups in total. The summed E-state index contributed by atoms with van der Waals surface area (Å²) in [5.41, 5.74) is 3.20. The van der Waals surface area contributed by atoms with Crippen LogP contribution in [0.4, 0.5) is 4.79 Å². The van der Waals surface area contributed by atoms with E-state index in [1.54, 1.807) is 13.8 Å². The van der Waals surface area contributed by atoms with Gasteiger partial charge in [-0.1, -0.05) is 69.3 Å². The molecule has 1 aliphatic heterocycles. The monoisotopic (exact) mass is 496 g/mol. The second-order valence-corrected chi connectivity index (χ2v) is 10.8. The Morgan fingerprint density at radius 1 is 1.11 bits per heavy atom. The molecule has 0 aromatic heterocycles. The van der Waals surface area contributed by atoms with Gasteiger partial charge in [-0.3, -0.25) is 4.79 Å². The third kappa shape index (κ3) is 4.63. The third-order valence-electron chi connectivity index (χ3n) is 7.03. The molecular formula is C27H32N2O5S. The van der Waals surface area contributed by atoms with Crippen LogP contribution in [0.1, 0.15) is 51.2 Å². The lowest BCUT2D eigenvalue weighted by atomic mass is 9.95. The number of carboxylic acid groups (broad SMARTS) is 1. The predicted molar refractivity (Wildman–Crippen MR) is 136 cm³/mol. The number of hydrogen-bond acceptors (Lipinski definition) is 5. The highest BCUT2D eigenvalue weighted by molar-refractivity contribution is 8.00. The average Bonchev–Trinajstić information content (AvgIpc) is 3.42. The molecule has 1 aliphatic carbocycles. The van der Waals surface area contributed by atoms with E-state index in [0.29, 0.717) is 12.2 Å². The largest absolute Gasteiger partial charge is 0.480 e. The summed E-state index contributed by atoms with van der Waals surface area (Å²) in [6.45, 7) is 7.50. The Bertz CT molecular complexity index is 1090. The molecule has 1 saturated heterocycles. The molecule has 0 spiro atoms. The molecule has 3 unspecified atom stereocenters. The van der Waals surface area contributed by atoms with Crippen LogP contribution in [0.25, 0.3) is 11.1 Å². The topological polar surface area (TPSA) is 95.9 Å². The summed E-state index contributed by atoms with van der Waals surface area (Å²) in [5.74, 6) is -1.12. The van der Waals surface area contributed by atoms with Gasteiger partial charge in [-0.05, 0) is 41.5 Å². The van der Waals surface area contributed by atoms with Crippen molar-refractivity contribution in [1.29, 1.82) is 0 Å². The molecule has 0 saturated carbocycles. The van der Waals surface area contributed by atoms with Gasteiger partial charge in [0.2, 0.25) is 5.91 Å². The number of carbonyl (C=O) groups excluding carboxylic acids is 2. The molecule has 4 rings (SSSR count). The lowest BCUT2D eigenvalue weighted by molar-refractivity contribution is -0.152. The minimum atomic E-state index is -1.28. The number of alkyl carbamates (subject to hydrolysis) is 1. The quantitative estimate of drug-likeness (QED) is 0.577. The normalized spacial score (nSPS) is 20.8. The van der Waals surface area contributed by atoms with Crippen LogP contribution in [-0.4, -0.2) is 57.3 Å². The number of rotatable bonds is 7. The van der Waals surface area contributed by atoms with Gasteiger partial charge in [0.15, 0.2) is 0 Å². The van der Waals surface area contributed by atoms with E-state index in [1.807, 2.05) is 50.2 Å². The Morgan fingerprint density at radius 3 is 2.20 bits per heavy atom. The fraction of sp³-hybridized carbons (Fsp3) is 0.444. The Kier molecular flexibility index (Phi) is 7.12. The van der Waals surface area contributed by atoms with Crippen LogP contribution in [0.3, 0.4) is 0 Å². The van der Waals surface area contributed by atoms with Crippen LogP contribution in [0.15, 0.2) is 48.5 Å². The van der Waals surface area contributed by atoms with Crippen molar-refractivity contribution in [1.82, 2.24) is 10.2 Å². The van der Waals surface area contributed by atoms with Crippen molar-refractivity contribution in [2.75, 3.05) is 12.4 Å². The van der Waals surface area contributed by atoms with Gasteiger partial charge in [-0.25, -0.2) is 9.59 Å². The average molecular weight is 497 g/mol. The second kappa shape index (κ2) is 9.93. The zero-order valence-corrected chi connectivity index (χ0v) is 21.3. The molecule has 3 atom stereocenters. The van der Waals surface area contributed by atoms with Gasteiger partial charge in [0.1, 0.15) is 18.2 Å². The fourth-order valence-corrected chi connectivity index (χ4v) is 6.40. The van der Waals surface area contributed by atoms with Gasteiger partial charge in [0, 0.05) is 11.7 Å². The van der Waals surface area contributed by atoms with E-state index in [4.69, 9.17) is 4.74 Å². The van der Waals surface area contributed by atoms with Crippen molar-refractivity contribution in [3.05, 3.63) is 59.7 Å². The van der Waals surface area contributed by atoms with Gasteiger partial charge in [0.25, 0.3) is 0 Å². The van der Waals surface area contributed by atoms with Gasteiger partial charge in [-0.2, -0.15) is 0 Å². The number of aliphatic carboxylic acids is 1. The van der Waals surface area contributed by atoms with Crippen molar-refractivity contribution in [2.24, 2.45) is 5.92 Å².